The van der Waals surface area contributed by atoms with Crippen LogP contribution in [-0.2, 0) is 12.0 Å². The van der Waals surface area contributed by atoms with Crippen LogP contribution in [0.4, 0.5) is 0 Å². The molecule has 1 aromatic rings. The van der Waals surface area contributed by atoms with Crippen molar-refractivity contribution in [1.29, 1.82) is 0 Å². The topological polar surface area (TPSA) is 69.5 Å². The molecule has 1 fully saturated rings. The van der Waals surface area contributed by atoms with Crippen LogP contribution in [0, 0.1) is 5.41 Å². The lowest BCUT2D eigenvalue weighted by Gasteiger charge is -2.37. The molecule has 0 amide bonds. The van der Waals surface area contributed by atoms with Crippen molar-refractivity contribution in [3.05, 3.63) is 16.1 Å². The van der Waals surface area contributed by atoms with Crippen molar-refractivity contribution < 1.29 is 5.11 Å². The molecule has 1 saturated carbocycles. The summed E-state index contributed by atoms with van der Waals surface area (Å²) in [6.07, 6.45) is 7.12. The van der Waals surface area contributed by atoms with Crippen molar-refractivity contribution in [2.45, 2.75) is 78.2 Å². The van der Waals surface area contributed by atoms with Gasteiger partial charge in [0.2, 0.25) is 0 Å². The van der Waals surface area contributed by atoms with Crippen molar-refractivity contribution in [2.75, 3.05) is 19.7 Å². The van der Waals surface area contributed by atoms with Crippen molar-refractivity contribution in [1.82, 2.24) is 15.6 Å². The van der Waals surface area contributed by atoms with E-state index >= 15 is 0 Å². The zero-order valence-corrected chi connectivity index (χ0v) is 20.5. The molecule has 2 rings (SSSR count). The van der Waals surface area contributed by atoms with Gasteiger partial charge in [-0.2, -0.15) is 0 Å². The van der Waals surface area contributed by atoms with Crippen molar-refractivity contribution in [3.63, 3.8) is 0 Å². The first kappa shape index (κ1) is 24.6. The first-order chi connectivity index (χ1) is 12.4. The lowest BCUT2D eigenvalue weighted by atomic mass is 9.72. The number of aliphatic hydroxyl groups excluding tert-OH is 1. The molecule has 27 heavy (non-hydrogen) atoms. The van der Waals surface area contributed by atoms with Crippen LogP contribution < -0.4 is 10.6 Å². The zero-order chi connectivity index (χ0) is 19.0. The molecule has 0 bridgehead atoms. The van der Waals surface area contributed by atoms with Crippen LogP contribution >= 0.6 is 35.3 Å². The van der Waals surface area contributed by atoms with Crippen molar-refractivity contribution >= 4 is 41.3 Å². The predicted molar refractivity (Wildman–Crippen MR) is 126 cm³/mol. The largest absolute Gasteiger partial charge is 0.396 e. The second-order valence-corrected chi connectivity index (χ2v) is 9.40. The highest BCUT2D eigenvalue weighted by atomic mass is 127. The lowest BCUT2D eigenvalue weighted by Crippen LogP contribution is -2.44. The minimum Gasteiger partial charge on any atom is -0.396 e. The second-order valence-electron chi connectivity index (χ2n) is 8.46. The van der Waals surface area contributed by atoms with Gasteiger partial charge < -0.3 is 15.7 Å². The third-order valence-electron chi connectivity index (χ3n) is 5.22. The number of nitrogens with zero attached hydrogens (tertiary/aromatic N) is 2. The Morgan fingerprint density at radius 3 is 2.52 bits per heavy atom. The fraction of sp³-hybridized carbons (Fsp3) is 0.800. The minimum atomic E-state index is 0. The highest BCUT2D eigenvalue weighted by molar-refractivity contribution is 14.0. The number of hydrogen-bond acceptors (Lipinski definition) is 4. The Labute approximate surface area is 185 Å². The summed E-state index contributed by atoms with van der Waals surface area (Å²) in [6, 6.07) is 0. The van der Waals surface area contributed by atoms with Crippen LogP contribution in [0.3, 0.4) is 0 Å². The van der Waals surface area contributed by atoms with E-state index in [-0.39, 0.29) is 41.4 Å². The molecule has 1 aliphatic carbocycles. The molecular weight excluding hydrogens is 471 g/mol. The highest BCUT2D eigenvalue weighted by Gasteiger charge is 2.31. The minimum absolute atomic E-state index is 0. The van der Waals surface area contributed by atoms with Gasteiger partial charge in [0.1, 0.15) is 5.01 Å². The predicted octanol–water partition coefficient (Wildman–Crippen LogP) is 4.45. The molecule has 5 nitrogen and oxygen atoms in total. The number of rotatable bonds is 7. The van der Waals surface area contributed by atoms with Crippen LogP contribution in [-0.4, -0.2) is 35.7 Å². The third-order valence-corrected chi connectivity index (χ3v) is 6.06. The number of aromatic nitrogens is 1. The van der Waals surface area contributed by atoms with Crippen LogP contribution in [0.2, 0.25) is 0 Å². The van der Waals surface area contributed by atoms with Gasteiger partial charge in [-0.25, -0.2) is 9.98 Å². The van der Waals surface area contributed by atoms with Gasteiger partial charge in [0.15, 0.2) is 5.96 Å². The Hall–Kier alpha value is -0.410. The van der Waals surface area contributed by atoms with Crippen LogP contribution in [0.1, 0.15) is 76.9 Å². The van der Waals surface area contributed by atoms with Gasteiger partial charge in [-0.1, -0.05) is 40.0 Å². The summed E-state index contributed by atoms with van der Waals surface area (Å²) in [4.78, 5) is 9.46. The van der Waals surface area contributed by atoms with Crippen LogP contribution in [0.15, 0.2) is 10.4 Å². The highest BCUT2D eigenvalue weighted by Crippen LogP contribution is 2.38. The Morgan fingerprint density at radius 1 is 1.26 bits per heavy atom. The zero-order valence-electron chi connectivity index (χ0n) is 17.3. The number of nitrogens with one attached hydrogen (secondary N) is 2. The molecule has 0 atom stereocenters. The maximum atomic E-state index is 9.49. The second kappa shape index (κ2) is 11.6. The Bertz CT molecular complexity index is 571. The maximum absolute atomic E-state index is 9.49. The van der Waals surface area contributed by atoms with E-state index < -0.39 is 0 Å². The van der Waals surface area contributed by atoms with E-state index in [0.717, 1.165) is 36.2 Å². The molecule has 156 valence electrons. The summed E-state index contributed by atoms with van der Waals surface area (Å²) in [6.45, 7) is 11.2. The van der Waals surface area contributed by atoms with Gasteiger partial charge in [-0.05, 0) is 31.6 Å². The maximum Gasteiger partial charge on any atom is 0.191 e. The molecule has 0 aliphatic heterocycles. The molecule has 0 radical (unpaired) electrons. The number of hydrogen-bond donors (Lipinski definition) is 3. The van der Waals surface area contributed by atoms with E-state index in [1.54, 1.807) is 11.3 Å². The molecule has 0 saturated heterocycles. The van der Waals surface area contributed by atoms with E-state index in [2.05, 4.69) is 43.7 Å². The van der Waals surface area contributed by atoms with E-state index in [0.29, 0.717) is 6.54 Å². The van der Waals surface area contributed by atoms with Crippen molar-refractivity contribution in [2.24, 2.45) is 10.4 Å². The molecule has 0 spiro atoms. The van der Waals surface area contributed by atoms with Gasteiger partial charge in [-0.15, -0.1) is 35.3 Å². The SMILES string of the molecule is CCNC(=NCc1nc(C(C)(C)C)cs1)NCC1(CCO)CCCCC1.I. The normalized spacial score (nSPS) is 17.3. The molecule has 0 aromatic carbocycles. The van der Waals surface area contributed by atoms with E-state index in [4.69, 9.17) is 9.98 Å². The Morgan fingerprint density at radius 2 is 1.96 bits per heavy atom. The first-order valence-corrected chi connectivity index (χ1v) is 10.8. The average molecular weight is 509 g/mol. The fourth-order valence-corrected chi connectivity index (χ4v) is 4.49. The number of guanidine groups is 1. The summed E-state index contributed by atoms with van der Waals surface area (Å²) < 4.78 is 0. The molecule has 0 unspecified atom stereocenters. The molecule has 7 heteroatoms. The van der Waals surface area contributed by atoms with E-state index in [9.17, 15) is 5.11 Å². The van der Waals surface area contributed by atoms with Crippen LogP contribution in [0.25, 0.3) is 0 Å². The van der Waals surface area contributed by atoms with Gasteiger partial charge in [0.25, 0.3) is 0 Å². The molecule has 1 aliphatic rings. The Balaban J connectivity index is 0.00000364. The fourth-order valence-electron chi connectivity index (χ4n) is 3.54. The van der Waals surface area contributed by atoms with Gasteiger partial charge >= 0.3 is 0 Å². The van der Waals surface area contributed by atoms with Crippen molar-refractivity contribution in [3.8, 4) is 0 Å². The molecular formula is C20H37IN4OS. The lowest BCUT2D eigenvalue weighted by molar-refractivity contribution is 0.131. The third kappa shape index (κ3) is 7.85. The number of halogens is 1. The summed E-state index contributed by atoms with van der Waals surface area (Å²) in [5.74, 6) is 0.850. The first-order valence-electron chi connectivity index (χ1n) is 9.96. The van der Waals surface area contributed by atoms with Gasteiger partial charge in [0, 0.05) is 30.5 Å². The summed E-state index contributed by atoms with van der Waals surface area (Å²) in [5.41, 5.74) is 1.43. The Kier molecular flexibility index (Phi) is 10.5. The monoisotopic (exact) mass is 508 g/mol. The van der Waals surface area contributed by atoms with E-state index in [1.165, 1.54) is 32.1 Å². The number of aliphatic hydroxyl groups is 1. The molecule has 1 aromatic heterocycles. The average Bonchev–Trinajstić information content (AvgIpc) is 3.08. The molecule has 3 N–H and O–H groups in total. The van der Waals surface area contributed by atoms with Gasteiger partial charge in [0.05, 0.1) is 12.2 Å². The molecule has 1 heterocycles. The summed E-state index contributed by atoms with van der Waals surface area (Å²) in [5, 5.41) is 19.6. The number of thiazole rings is 1. The number of aliphatic imine (C=N–C) groups is 1. The van der Waals surface area contributed by atoms with Gasteiger partial charge in [-0.3, -0.25) is 0 Å². The summed E-state index contributed by atoms with van der Waals surface area (Å²) >= 11 is 1.68. The standard InChI is InChI=1S/C20H36N4OS.HI/c1-5-21-18(22-13-17-24-16(14-26-17)19(2,3)4)23-15-20(11-12-25)9-7-6-8-10-20;/h14,25H,5-13,15H2,1-4H3,(H2,21,22,23);1H. The smallest absolute Gasteiger partial charge is 0.191 e. The van der Waals surface area contributed by atoms with E-state index in [1.807, 2.05) is 0 Å². The quantitative estimate of drug-likeness (QED) is 0.289. The van der Waals surface area contributed by atoms with Crippen LogP contribution in [0.5, 0.6) is 0 Å². The summed E-state index contributed by atoms with van der Waals surface area (Å²) in [7, 11) is 0.